The highest BCUT2D eigenvalue weighted by Crippen LogP contribution is 2.28. The molecule has 106 valence electrons. The van der Waals surface area contributed by atoms with E-state index in [9.17, 15) is 4.39 Å². The first-order chi connectivity index (χ1) is 9.54. The van der Waals surface area contributed by atoms with E-state index >= 15 is 0 Å². The van der Waals surface area contributed by atoms with Crippen molar-refractivity contribution in [2.45, 2.75) is 26.4 Å². The molecular weight excluding hydrogens is 325 g/mol. The number of benzene rings is 1. The van der Waals surface area contributed by atoms with Crippen molar-refractivity contribution in [1.82, 2.24) is 15.3 Å². The minimum atomic E-state index is -0.374. The molecule has 0 amide bonds. The Balaban J connectivity index is 2.05. The molecule has 0 atom stereocenters. The van der Waals surface area contributed by atoms with E-state index in [1.807, 2.05) is 0 Å². The van der Waals surface area contributed by atoms with Gasteiger partial charge in [0.1, 0.15) is 11.6 Å². The van der Waals surface area contributed by atoms with Gasteiger partial charge < -0.3 is 10.1 Å². The normalized spacial score (nSPS) is 10.8. The second-order valence-corrected chi connectivity index (χ2v) is 5.44. The highest BCUT2D eigenvalue weighted by molar-refractivity contribution is 9.10. The molecule has 1 N–H and O–H groups in total. The minimum absolute atomic E-state index is 0.185. The zero-order chi connectivity index (χ0) is 14.5. The van der Waals surface area contributed by atoms with E-state index in [1.54, 1.807) is 18.5 Å². The van der Waals surface area contributed by atoms with Crippen LogP contribution in [0.15, 0.2) is 35.1 Å². The lowest BCUT2D eigenvalue weighted by molar-refractivity contribution is 0.434. The quantitative estimate of drug-likeness (QED) is 0.902. The van der Waals surface area contributed by atoms with E-state index in [-0.39, 0.29) is 11.8 Å². The van der Waals surface area contributed by atoms with Crippen LogP contribution in [0, 0.1) is 5.82 Å². The molecule has 6 heteroatoms. The van der Waals surface area contributed by atoms with Crippen molar-refractivity contribution in [2.75, 3.05) is 0 Å². The van der Waals surface area contributed by atoms with E-state index in [0.717, 1.165) is 5.56 Å². The topological polar surface area (TPSA) is 47.0 Å². The van der Waals surface area contributed by atoms with Gasteiger partial charge in [0, 0.05) is 36.6 Å². The Morgan fingerprint density at radius 1 is 1.30 bits per heavy atom. The molecule has 0 spiro atoms. The highest BCUT2D eigenvalue weighted by Gasteiger charge is 2.06. The second-order valence-electron chi connectivity index (χ2n) is 4.59. The number of hydrogen-bond acceptors (Lipinski definition) is 4. The molecule has 2 aromatic rings. The standard InChI is InChI=1S/C14H15BrFN3O/c1-9(2)17-6-10-7-18-14(19-8-10)20-13-5-11(16)3-4-12(13)15/h3-5,7-9,17H,6H2,1-2H3. The Hall–Kier alpha value is -1.53. The number of nitrogens with zero attached hydrogens (tertiary/aromatic N) is 2. The van der Waals surface area contributed by atoms with Gasteiger partial charge in [0.15, 0.2) is 0 Å². The largest absolute Gasteiger partial charge is 0.423 e. The summed E-state index contributed by atoms with van der Waals surface area (Å²) in [5.41, 5.74) is 0.962. The molecule has 0 aliphatic carbocycles. The predicted octanol–water partition coefficient (Wildman–Crippen LogP) is 3.67. The number of halogens is 2. The van der Waals surface area contributed by atoms with Crippen LogP contribution < -0.4 is 10.1 Å². The van der Waals surface area contributed by atoms with Crippen molar-refractivity contribution < 1.29 is 9.13 Å². The summed E-state index contributed by atoms with van der Waals surface area (Å²) in [5, 5.41) is 3.27. The number of ether oxygens (including phenoxy) is 1. The fourth-order valence-electron chi connectivity index (χ4n) is 1.46. The molecule has 1 heterocycles. The van der Waals surface area contributed by atoms with Crippen molar-refractivity contribution in [2.24, 2.45) is 0 Å². The van der Waals surface area contributed by atoms with Gasteiger partial charge in [0.25, 0.3) is 0 Å². The van der Waals surface area contributed by atoms with Crippen LogP contribution in [-0.2, 0) is 6.54 Å². The maximum Gasteiger partial charge on any atom is 0.321 e. The monoisotopic (exact) mass is 339 g/mol. The molecule has 0 aliphatic rings. The van der Waals surface area contributed by atoms with Crippen LogP contribution in [0.25, 0.3) is 0 Å². The molecule has 0 radical (unpaired) electrons. The average molecular weight is 340 g/mol. The molecule has 2 rings (SSSR count). The van der Waals surface area contributed by atoms with Gasteiger partial charge in [-0.25, -0.2) is 14.4 Å². The van der Waals surface area contributed by atoms with Crippen LogP contribution in [0.3, 0.4) is 0 Å². The summed E-state index contributed by atoms with van der Waals surface area (Å²) in [4.78, 5) is 8.21. The van der Waals surface area contributed by atoms with Gasteiger partial charge >= 0.3 is 6.01 Å². The van der Waals surface area contributed by atoms with Crippen molar-refractivity contribution in [3.63, 3.8) is 0 Å². The third-order valence-corrected chi connectivity index (χ3v) is 3.15. The summed E-state index contributed by atoms with van der Waals surface area (Å²) >= 11 is 3.29. The van der Waals surface area contributed by atoms with Crippen LogP contribution in [-0.4, -0.2) is 16.0 Å². The summed E-state index contributed by atoms with van der Waals surface area (Å²) in [6.45, 7) is 4.83. The van der Waals surface area contributed by atoms with Gasteiger partial charge in [-0.2, -0.15) is 0 Å². The van der Waals surface area contributed by atoms with Crippen LogP contribution in [0.2, 0.25) is 0 Å². The third kappa shape index (κ3) is 4.25. The van der Waals surface area contributed by atoms with E-state index in [0.29, 0.717) is 22.8 Å². The van der Waals surface area contributed by atoms with Crippen molar-refractivity contribution >= 4 is 15.9 Å². The predicted molar refractivity (Wildman–Crippen MR) is 78.2 cm³/mol. The lowest BCUT2D eigenvalue weighted by Crippen LogP contribution is -2.21. The Bertz CT molecular complexity index is 575. The highest BCUT2D eigenvalue weighted by atomic mass is 79.9. The molecular formula is C14H15BrFN3O. The third-order valence-electron chi connectivity index (χ3n) is 2.49. The van der Waals surface area contributed by atoms with Gasteiger partial charge in [-0.15, -0.1) is 0 Å². The summed E-state index contributed by atoms with van der Waals surface area (Å²) in [7, 11) is 0. The minimum Gasteiger partial charge on any atom is -0.423 e. The molecule has 1 aromatic heterocycles. The van der Waals surface area contributed by atoms with E-state index in [4.69, 9.17) is 4.74 Å². The maximum atomic E-state index is 13.1. The lowest BCUT2D eigenvalue weighted by Gasteiger charge is -2.08. The molecule has 4 nitrogen and oxygen atoms in total. The van der Waals surface area contributed by atoms with Gasteiger partial charge in [0.2, 0.25) is 0 Å². The Labute approximate surface area is 125 Å². The molecule has 0 fully saturated rings. The smallest absolute Gasteiger partial charge is 0.321 e. The van der Waals surface area contributed by atoms with Crippen molar-refractivity contribution in [3.05, 3.63) is 46.4 Å². The average Bonchev–Trinajstić information content (AvgIpc) is 2.42. The van der Waals surface area contributed by atoms with Crippen LogP contribution >= 0.6 is 15.9 Å². The SMILES string of the molecule is CC(C)NCc1cnc(Oc2cc(F)ccc2Br)nc1. The fraction of sp³-hybridized carbons (Fsp3) is 0.286. The van der Waals surface area contributed by atoms with Crippen LogP contribution in [0.5, 0.6) is 11.8 Å². The zero-order valence-corrected chi connectivity index (χ0v) is 12.8. The Kier molecular flexibility index (Phi) is 5.03. The number of aromatic nitrogens is 2. The molecule has 20 heavy (non-hydrogen) atoms. The number of hydrogen-bond donors (Lipinski definition) is 1. The molecule has 0 aliphatic heterocycles. The van der Waals surface area contributed by atoms with Gasteiger partial charge in [-0.3, -0.25) is 0 Å². The summed E-state index contributed by atoms with van der Waals surface area (Å²) in [5.74, 6) is -0.0287. The Morgan fingerprint density at radius 3 is 2.65 bits per heavy atom. The zero-order valence-electron chi connectivity index (χ0n) is 11.2. The number of rotatable bonds is 5. The molecule has 1 aromatic carbocycles. The van der Waals surface area contributed by atoms with Gasteiger partial charge in [-0.05, 0) is 28.1 Å². The fourth-order valence-corrected chi connectivity index (χ4v) is 1.79. The molecule has 0 saturated heterocycles. The molecule has 0 bridgehead atoms. The van der Waals surface area contributed by atoms with Crippen LogP contribution in [0.4, 0.5) is 4.39 Å². The summed E-state index contributed by atoms with van der Waals surface area (Å²) in [6.07, 6.45) is 3.37. The van der Waals surface area contributed by atoms with Crippen molar-refractivity contribution in [3.8, 4) is 11.8 Å². The molecule has 0 saturated carbocycles. The first-order valence-corrected chi connectivity index (χ1v) is 7.01. The summed E-state index contributed by atoms with van der Waals surface area (Å²) in [6, 6.07) is 4.78. The Morgan fingerprint density at radius 2 is 2.00 bits per heavy atom. The lowest BCUT2D eigenvalue weighted by atomic mass is 10.3. The first kappa shape index (κ1) is 14.9. The van der Waals surface area contributed by atoms with E-state index in [2.05, 4.69) is 45.1 Å². The van der Waals surface area contributed by atoms with Gasteiger partial charge in [0.05, 0.1) is 4.47 Å². The van der Waals surface area contributed by atoms with Gasteiger partial charge in [-0.1, -0.05) is 13.8 Å². The first-order valence-electron chi connectivity index (χ1n) is 6.22. The van der Waals surface area contributed by atoms with E-state index < -0.39 is 0 Å². The molecule has 0 unspecified atom stereocenters. The summed E-state index contributed by atoms with van der Waals surface area (Å²) < 4.78 is 19.2. The second kappa shape index (κ2) is 6.76. The van der Waals surface area contributed by atoms with E-state index in [1.165, 1.54) is 12.1 Å². The van der Waals surface area contributed by atoms with Crippen LogP contribution in [0.1, 0.15) is 19.4 Å². The number of nitrogens with one attached hydrogen (secondary N) is 1. The maximum absolute atomic E-state index is 13.1. The van der Waals surface area contributed by atoms with Crippen molar-refractivity contribution in [1.29, 1.82) is 0 Å².